The number of hydrogen-bond acceptors (Lipinski definition) is 3. The lowest BCUT2D eigenvalue weighted by Gasteiger charge is -2.33. The van der Waals surface area contributed by atoms with Crippen molar-refractivity contribution >= 4 is 23.2 Å². The zero-order chi connectivity index (χ0) is 18.7. The third kappa shape index (κ3) is 4.15. The second-order valence-corrected chi connectivity index (χ2v) is 8.44. The number of anilines is 1. The lowest BCUT2D eigenvalue weighted by atomic mass is 10.1. The van der Waals surface area contributed by atoms with Crippen LogP contribution >= 0.6 is 11.6 Å². The molecule has 2 aliphatic rings. The van der Waals surface area contributed by atoms with Gasteiger partial charge in [-0.25, -0.2) is 0 Å². The number of rotatable bonds is 5. The lowest BCUT2D eigenvalue weighted by Crippen LogP contribution is -2.42. The van der Waals surface area contributed by atoms with E-state index in [2.05, 4.69) is 29.7 Å². The van der Waals surface area contributed by atoms with Crippen LogP contribution in [0.1, 0.15) is 51.5 Å². The Balaban J connectivity index is 1.75. The quantitative estimate of drug-likeness (QED) is 0.765. The average molecular weight is 374 g/mol. The summed E-state index contributed by atoms with van der Waals surface area (Å²) >= 11 is 6.27. The number of nitrogens with zero attached hydrogens (tertiary/aromatic N) is 3. The summed E-state index contributed by atoms with van der Waals surface area (Å²) in [4.78, 5) is 17.2. The first-order valence-electron chi connectivity index (χ1n) is 9.74. The maximum Gasteiger partial charge on any atom is 0.225 e. The second-order valence-electron chi connectivity index (χ2n) is 8.03. The van der Waals surface area contributed by atoms with Crippen LogP contribution in [0, 0.1) is 23.2 Å². The van der Waals surface area contributed by atoms with Gasteiger partial charge in [0.25, 0.3) is 0 Å². The molecule has 4 nitrogen and oxygen atoms in total. The van der Waals surface area contributed by atoms with Gasteiger partial charge in [0.1, 0.15) is 6.07 Å². The topological polar surface area (TPSA) is 47.3 Å². The van der Waals surface area contributed by atoms with Crippen molar-refractivity contribution in [1.82, 2.24) is 4.90 Å². The maximum atomic E-state index is 12.8. The first kappa shape index (κ1) is 19.0. The molecule has 0 aromatic heterocycles. The molecule has 1 heterocycles. The van der Waals surface area contributed by atoms with E-state index in [0.29, 0.717) is 28.5 Å². The molecule has 140 valence electrons. The predicted octanol–water partition coefficient (Wildman–Crippen LogP) is 4.47. The summed E-state index contributed by atoms with van der Waals surface area (Å²) in [6.45, 7) is 6.96. The molecule has 1 aliphatic carbocycles. The summed E-state index contributed by atoms with van der Waals surface area (Å²) in [7, 11) is 0. The minimum atomic E-state index is 0.247. The number of halogens is 1. The Morgan fingerprint density at radius 1 is 1.35 bits per heavy atom. The van der Waals surface area contributed by atoms with E-state index in [1.54, 1.807) is 6.07 Å². The molecule has 0 radical (unpaired) electrons. The molecule has 1 atom stereocenters. The van der Waals surface area contributed by atoms with Gasteiger partial charge in [0.05, 0.1) is 10.6 Å². The Bertz CT molecular complexity index is 691. The minimum absolute atomic E-state index is 0.247. The third-order valence-electron chi connectivity index (χ3n) is 5.59. The smallest absolute Gasteiger partial charge is 0.225 e. The van der Waals surface area contributed by atoms with Crippen molar-refractivity contribution in [3.05, 3.63) is 28.8 Å². The molecule has 1 aromatic rings. The molecule has 1 saturated heterocycles. The molecule has 3 rings (SSSR count). The first-order valence-corrected chi connectivity index (χ1v) is 10.1. The minimum Gasteiger partial charge on any atom is -0.366 e. The maximum absolute atomic E-state index is 12.8. The number of amides is 1. The number of nitriles is 1. The number of carbonyl (C=O) groups excluding carboxylic acids is 1. The highest BCUT2D eigenvalue weighted by atomic mass is 35.5. The SMILES string of the molecule is CC(C)CN(c1ccc(C#N)c(Cl)c1)C1CCN(C(=O)C2CCCC2)C1. The molecule has 1 amide bonds. The van der Waals surface area contributed by atoms with Crippen molar-refractivity contribution in [1.29, 1.82) is 5.26 Å². The molecule has 1 aromatic carbocycles. The molecule has 0 bridgehead atoms. The van der Waals surface area contributed by atoms with Gasteiger partial charge in [-0.05, 0) is 43.4 Å². The van der Waals surface area contributed by atoms with E-state index in [-0.39, 0.29) is 5.92 Å². The number of hydrogen-bond donors (Lipinski definition) is 0. The van der Waals surface area contributed by atoms with Gasteiger partial charge in [-0.3, -0.25) is 4.79 Å². The Kier molecular flexibility index (Phi) is 6.09. The van der Waals surface area contributed by atoms with Crippen LogP contribution in [0.15, 0.2) is 18.2 Å². The van der Waals surface area contributed by atoms with Gasteiger partial charge in [0.15, 0.2) is 0 Å². The van der Waals surface area contributed by atoms with E-state index < -0.39 is 0 Å². The highest BCUT2D eigenvalue weighted by Gasteiger charge is 2.34. The van der Waals surface area contributed by atoms with Crippen LogP contribution in [0.2, 0.25) is 5.02 Å². The summed E-state index contributed by atoms with van der Waals surface area (Å²) in [5.74, 6) is 1.10. The number of carbonyl (C=O) groups is 1. The first-order chi connectivity index (χ1) is 12.5. The van der Waals surface area contributed by atoms with Crippen LogP contribution in [0.3, 0.4) is 0 Å². The molecule has 26 heavy (non-hydrogen) atoms. The second kappa shape index (κ2) is 8.31. The molecular weight excluding hydrogens is 346 g/mol. The fourth-order valence-corrected chi connectivity index (χ4v) is 4.48. The standard InChI is InChI=1S/C21H28ClN3O/c1-15(2)13-25(18-8-7-17(12-23)20(22)11-18)19-9-10-24(14-19)21(26)16-5-3-4-6-16/h7-8,11,15-16,19H,3-6,9-10,13-14H2,1-2H3. The summed E-state index contributed by atoms with van der Waals surface area (Å²) in [5, 5.41) is 9.61. The predicted molar refractivity (Wildman–Crippen MR) is 105 cm³/mol. The van der Waals surface area contributed by atoms with Gasteiger partial charge in [0, 0.05) is 37.3 Å². The Hall–Kier alpha value is -1.73. The highest BCUT2D eigenvalue weighted by molar-refractivity contribution is 6.32. The Labute approximate surface area is 161 Å². The molecular formula is C21H28ClN3O. The molecule has 1 aliphatic heterocycles. The van der Waals surface area contributed by atoms with Gasteiger partial charge in [-0.2, -0.15) is 5.26 Å². The summed E-state index contributed by atoms with van der Waals surface area (Å²) < 4.78 is 0. The fraction of sp³-hybridized carbons (Fsp3) is 0.619. The largest absolute Gasteiger partial charge is 0.366 e. The lowest BCUT2D eigenvalue weighted by molar-refractivity contribution is -0.134. The number of benzene rings is 1. The van der Waals surface area contributed by atoms with E-state index in [0.717, 1.165) is 44.6 Å². The van der Waals surface area contributed by atoms with E-state index in [1.165, 1.54) is 12.8 Å². The van der Waals surface area contributed by atoms with Crippen LogP contribution in [0.4, 0.5) is 5.69 Å². The van der Waals surface area contributed by atoms with E-state index in [9.17, 15) is 4.79 Å². The third-order valence-corrected chi connectivity index (χ3v) is 5.90. The van der Waals surface area contributed by atoms with Crippen LogP contribution in [-0.2, 0) is 4.79 Å². The van der Waals surface area contributed by atoms with Crippen molar-refractivity contribution in [3.63, 3.8) is 0 Å². The average Bonchev–Trinajstić information content (AvgIpc) is 3.30. The zero-order valence-corrected chi connectivity index (χ0v) is 16.5. The van der Waals surface area contributed by atoms with Crippen LogP contribution in [-0.4, -0.2) is 36.5 Å². The summed E-state index contributed by atoms with van der Waals surface area (Å²) in [6, 6.07) is 8.10. The van der Waals surface area contributed by atoms with Crippen molar-refractivity contribution in [3.8, 4) is 6.07 Å². The Morgan fingerprint density at radius 2 is 2.08 bits per heavy atom. The van der Waals surface area contributed by atoms with Gasteiger partial charge in [-0.15, -0.1) is 0 Å². The van der Waals surface area contributed by atoms with Crippen molar-refractivity contribution < 1.29 is 4.79 Å². The van der Waals surface area contributed by atoms with Gasteiger partial charge < -0.3 is 9.80 Å². The molecule has 1 unspecified atom stereocenters. The molecule has 1 saturated carbocycles. The summed E-state index contributed by atoms with van der Waals surface area (Å²) in [6.07, 6.45) is 5.48. The van der Waals surface area contributed by atoms with Gasteiger partial charge >= 0.3 is 0 Å². The number of likely N-dealkylation sites (tertiary alicyclic amines) is 1. The summed E-state index contributed by atoms with van der Waals surface area (Å²) in [5.41, 5.74) is 1.55. The zero-order valence-electron chi connectivity index (χ0n) is 15.7. The van der Waals surface area contributed by atoms with Crippen molar-refractivity contribution in [2.75, 3.05) is 24.5 Å². The van der Waals surface area contributed by atoms with E-state index in [4.69, 9.17) is 16.9 Å². The van der Waals surface area contributed by atoms with Gasteiger partial charge in [-0.1, -0.05) is 38.3 Å². The van der Waals surface area contributed by atoms with Crippen molar-refractivity contribution in [2.24, 2.45) is 11.8 Å². The van der Waals surface area contributed by atoms with Crippen LogP contribution in [0.5, 0.6) is 0 Å². The fourth-order valence-electron chi connectivity index (χ4n) is 4.26. The molecule has 2 fully saturated rings. The van der Waals surface area contributed by atoms with Gasteiger partial charge in [0.2, 0.25) is 5.91 Å². The molecule has 0 spiro atoms. The van der Waals surface area contributed by atoms with E-state index >= 15 is 0 Å². The molecule has 5 heteroatoms. The van der Waals surface area contributed by atoms with Crippen molar-refractivity contribution in [2.45, 2.75) is 52.0 Å². The van der Waals surface area contributed by atoms with Crippen LogP contribution < -0.4 is 4.90 Å². The van der Waals surface area contributed by atoms with E-state index in [1.807, 2.05) is 12.1 Å². The van der Waals surface area contributed by atoms with Crippen LogP contribution in [0.25, 0.3) is 0 Å². The molecule has 0 N–H and O–H groups in total. The Morgan fingerprint density at radius 3 is 2.69 bits per heavy atom. The normalized spacial score (nSPS) is 20.6. The highest BCUT2D eigenvalue weighted by Crippen LogP contribution is 2.31. The monoisotopic (exact) mass is 373 g/mol.